The summed E-state index contributed by atoms with van der Waals surface area (Å²) < 4.78 is 27.7. The summed E-state index contributed by atoms with van der Waals surface area (Å²) in [7, 11) is -1.70. The van der Waals surface area contributed by atoms with Gasteiger partial charge < -0.3 is 5.32 Å². The molecule has 6 nitrogen and oxygen atoms in total. The van der Waals surface area contributed by atoms with Crippen molar-refractivity contribution < 1.29 is 8.42 Å². The maximum atomic E-state index is 12.5. The van der Waals surface area contributed by atoms with Crippen LogP contribution in [0, 0.1) is 5.92 Å². The Labute approximate surface area is 172 Å². The number of nitrogens with one attached hydrogen (secondary N) is 2. The van der Waals surface area contributed by atoms with Gasteiger partial charge in [0.05, 0.1) is 4.99 Å². The number of nitrogens with zero attached hydrogens (tertiary/aromatic N) is 2. The molecule has 0 radical (unpaired) electrons. The summed E-state index contributed by atoms with van der Waals surface area (Å²) >= 11 is 5.76. The van der Waals surface area contributed by atoms with Crippen molar-refractivity contribution in [3.05, 3.63) is 54.6 Å². The fourth-order valence-corrected chi connectivity index (χ4v) is 5.65. The summed E-state index contributed by atoms with van der Waals surface area (Å²) in [5, 5.41) is 3.19. The van der Waals surface area contributed by atoms with E-state index in [4.69, 9.17) is 12.2 Å². The number of likely N-dealkylation sites (N-methyl/N-ethyl adjacent to an activating group) is 1. The minimum Gasteiger partial charge on any atom is -0.382 e. The Morgan fingerprint density at radius 3 is 2.61 bits per heavy atom. The fourth-order valence-electron chi connectivity index (χ4n) is 4.25. The molecule has 2 aromatic heterocycles. The Morgan fingerprint density at radius 1 is 1.21 bits per heavy atom. The highest BCUT2D eigenvalue weighted by Gasteiger charge is 2.45. The zero-order valence-electron chi connectivity index (χ0n) is 16.0. The highest BCUT2D eigenvalue weighted by Crippen LogP contribution is 2.46. The average Bonchev–Trinajstić information content (AvgIpc) is 2.74. The van der Waals surface area contributed by atoms with E-state index in [0.717, 1.165) is 36.2 Å². The van der Waals surface area contributed by atoms with Crippen LogP contribution in [0.3, 0.4) is 0 Å². The largest absolute Gasteiger partial charge is 0.382 e. The molecule has 1 saturated carbocycles. The number of pyridine rings is 2. The van der Waals surface area contributed by atoms with E-state index in [-0.39, 0.29) is 16.2 Å². The summed E-state index contributed by atoms with van der Waals surface area (Å²) in [5.41, 5.74) is 0.797. The number of thiocarbonyl (C=S) groups is 1. The Hall–Kier alpha value is -1.90. The molecule has 28 heavy (non-hydrogen) atoms. The van der Waals surface area contributed by atoms with Crippen molar-refractivity contribution in [3.63, 3.8) is 0 Å². The standard InChI is InChI=1S/C20H26N4O2S2/c1-21-19(27)20(17-7-4-11-22-14-17)10-3-2-6-16(20)9-13-24-28(25,26)18-8-5-12-23-15-18/h4-5,7-8,11-12,14-16,24H,2-3,6,9-10,13H2,1H3,(H,21,27)/t16-,20+/m0/s1. The van der Waals surface area contributed by atoms with Crippen LogP contribution in [0.2, 0.25) is 0 Å². The molecule has 8 heteroatoms. The molecular formula is C20H26N4O2S2. The number of hydrogen-bond acceptors (Lipinski definition) is 5. The van der Waals surface area contributed by atoms with Gasteiger partial charge in [0.15, 0.2) is 0 Å². The van der Waals surface area contributed by atoms with Gasteiger partial charge in [-0.25, -0.2) is 13.1 Å². The molecule has 0 spiro atoms. The summed E-state index contributed by atoms with van der Waals surface area (Å²) in [5.74, 6) is 0.238. The Morgan fingerprint density at radius 2 is 1.96 bits per heavy atom. The second kappa shape index (κ2) is 9.07. The van der Waals surface area contributed by atoms with E-state index in [2.05, 4.69) is 26.1 Å². The number of rotatable bonds is 7. The fraction of sp³-hybridized carbons (Fsp3) is 0.450. The van der Waals surface area contributed by atoms with Crippen LogP contribution in [-0.2, 0) is 15.4 Å². The molecule has 2 N–H and O–H groups in total. The lowest BCUT2D eigenvalue weighted by molar-refractivity contribution is 0.239. The van der Waals surface area contributed by atoms with Gasteiger partial charge in [-0.1, -0.05) is 31.1 Å². The molecule has 0 aromatic carbocycles. The van der Waals surface area contributed by atoms with E-state index in [1.165, 1.54) is 6.20 Å². The minimum atomic E-state index is -3.56. The van der Waals surface area contributed by atoms with E-state index in [1.54, 1.807) is 24.5 Å². The number of sulfonamides is 1. The van der Waals surface area contributed by atoms with Crippen LogP contribution in [-0.4, -0.2) is 37.0 Å². The van der Waals surface area contributed by atoms with Gasteiger partial charge in [0.25, 0.3) is 0 Å². The maximum Gasteiger partial charge on any atom is 0.242 e. The molecule has 1 aliphatic rings. The molecular weight excluding hydrogens is 392 g/mol. The second-order valence-electron chi connectivity index (χ2n) is 7.11. The van der Waals surface area contributed by atoms with Crippen LogP contribution >= 0.6 is 12.2 Å². The molecule has 2 atom stereocenters. The smallest absolute Gasteiger partial charge is 0.242 e. The minimum absolute atomic E-state index is 0.183. The van der Waals surface area contributed by atoms with E-state index in [0.29, 0.717) is 13.0 Å². The van der Waals surface area contributed by atoms with Crippen LogP contribution in [0.15, 0.2) is 53.9 Å². The monoisotopic (exact) mass is 418 g/mol. The Bertz CT molecular complexity index is 891. The van der Waals surface area contributed by atoms with Crippen LogP contribution in [0.5, 0.6) is 0 Å². The summed E-state index contributed by atoms with van der Waals surface area (Å²) in [4.78, 5) is 9.19. The third kappa shape index (κ3) is 4.24. The van der Waals surface area contributed by atoms with Crippen molar-refractivity contribution in [1.82, 2.24) is 20.0 Å². The molecule has 2 aromatic rings. The van der Waals surface area contributed by atoms with Crippen molar-refractivity contribution >= 4 is 27.2 Å². The molecule has 1 fully saturated rings. The first-order valence-electron chi connectivity index (χ1n) is 9.53. The van der Waals surface area contributed by atoms with Gasteiger partial charge in [0, 0.05) is 43.8 Å². The molecule has 3 rings (SSSR count). The lowest BCUT2D eigenvalue weighted by Gasteiger charge is -2.45. The topological polar surface area (TPSA) is 84.0 Å². The maximum absolute atomic E-state index is 12.5. The second-order valence-corrected chi connectivity index (χ2v) is 9.29. The van der Waals surface area contributed by atoms with E-state index < -0.39 is 10.0 Å². The van der Waals surface area contributed by atoms with Crippen molar-refractivity contribution in [2.24, 2.45) is 5.92 Å². The quantitative estimate of drug-likeness (QED) is 0.673. The van der Waals surface area contributed by atoms with Crippen molar-refractivity contribution in [2.45, 2.75) is 42.4 Å². The zero-order chi connectivity index (χ0) is 20.0. The summed E-state index contributed by atoms with van der Waals surface area (Å²) in [6.45, 7) is 0.357. The highest BCUT2D eigenvalue weighted by atomic mass is 32.2. The van der Waals surface area contributed by atoms with Gasteiger partial charge in [-0.05, 0) is 48.9 Å². The predicted molar refractivity (Wildman–Crippen MR) is 114 cm³/mol. The predicted octanol–water partition coefficient (Wildman–Crippen LogP) is 2.82. The van der Waals surface area contributed by atoms with Gasteiger partial charge in [-0.3, -0.25) is 9.97 Å². The molecule has 0 saturated heterocycles. The van der Waals surface area contributed by atoms with E-state index in [9.17, 15) is 8.42 Å². The third-order valence-corrected chi connectivity index (χ3v) is 7.62. The first-order valence-corrected chi connectivity index (χ1v) is 11.4. The normalized spacial score (nSPS) is 22.5. The van der Waals surface area contributed by atoms with Crippen LogP contribution in [0.1, 0.15) is 37.7 Å². The van der Waals surface area contributed by atoms with Gasteiger partial charge in [0.1, 0.15) is 4.90 Å². The summed E-state index contributed by atoms with van der Waals surface area (Å²) in [6, 6.07) is 7.18. The zero-order valence-corrected chi connectivity index (χ0v) is 17.6. The summed E-state index contributed by atoms with van der Waals surface area (Å²) in [6.07, 6.45) is 11.4. The lowest BCUT2D eigenvalue weighted by atomic mass is 9.61. The van der Waals surface area contributed by atoms with Crippen molar-refractivity contribution in [1.29, 1.82) is 0 Å². The molecule has 0 bridgehead atoms. The molecule has 0 amide bonds. The molecule has 0 aliphatic heterocycles. The van der Waals surface area contributed by atoms with E-state index in [1.807, 2.05) is 19.3 Å². The SMILES string of the molecule is CNC(=S)[C@]1(c2cccnc2)CCCC[C@H]1CCNS(=O)(=O)c1cccnc1. The highest BCUT2D eigenvalue weighted by molar-refractivity contribution is 7.89. The molecule has 2 heterocycles. The van der Waals surface area contributed by atoms with Gasteiger partial charge >= 0.3 is 0 Å². The van der Waals surface area contributed by atoms with E-state index >= 15 is 0 Å². The van der Waals surface area contributed by atoms with Gasteiger partial charge in [-0.15, -0.1) is 0 Å². The van der Waals surface area contributed by atoms with Crippen molar-refractivity contribution in [3.8, 4) is 0 Å². The first kappa shape index (κ1) is 20.8. The Kier molecular flexibility index (Phi) is 6.74. The van der Waals surface area contributed by atoms with Crippen LogP contribution in [0.25, 0.3) is 0 Å². The molecule has 1 aliphatic carbocycles. The lowest BCUT2D eigenvalue weighted by Crippen LogP contribution is -2.50. The van der Waals surface area contributed by atoms with Crippen molar-refractivity contribution in [2.75, 3.05) is 13.6 Å². The van der Waals surface area contributed by atoms with Crippen LogP contribution < -0.4 is 10.0 Å². The average molecular weight is 419 g/mol. The number of aromatic nitrogens is 2. The molecule has 150 valence electrons. The molecule has 0 unspecified atom stereocenters. The Balaban J connectivity index is 1.80. The third-order valence-electron chi connectivity index (χ3n) is 5.61. The van der Waals surface area contributed by atoms with Crippen LogP contribution in [0.4, 0.5) is 0 Å². The number of hydrogen-bond donors (Lipinski definition) is 2. The van der Waals surface area contributed by atoms with Gasteiger partial charge in [0.2, 0.25) is 10.0 Å². The van der Waals surface area contributed by atoms with Gasteiger partial charge in [-0.2, -0.15) is 0 Å². The first-order chi connectivity index (χ1) is 13.5.